The lowest BCUT2D eigenvalue weighted by molar-refractivity contribution is 0.384. The first-order valence-corrected chi connectivity index (χ1v) is 23.9. The van der Waals surface area contributed by atoms with E-state index in [1.165, 1.54) is 6.66 Å². The van der Waals surface area contributed by atoms with Crippen LogP contribution in [0.5, 0.6) is 0 Å². The molecule has 0 aliphatic rings. The van der Waals surface area contributed by atoms with Crippen LogP contribution in [0.3, 0.4) is 0 Å². The van der Waals surface area contributed by atoms with Gasteiger partial charge < -0.3 is 0 Å². The Morgan fingerprint density at radius 2 is 0.321 bits per heavy atom. The van der Waals surface area contributed by atoms with Crippen molar-refractivity contribution in [1.82, 2.24) is 0 Å². The minimum atomic E-state index is -8.05. The van der Waals surface area contributed by atoms with Gasteiger partial charge in [-0.1, -0.05) is 0 Å². The van der Waals surface area contributed by atoms with Crippen molar-refractivity contribution in [2.75, 3.05) is 12.8 Å². The van der Waals surface area contributed by atoms with Crippen LogP contribution in [0.1, 0.15) is 6.92 Å². The summed E-state index contributed by atoms with van der Waals surface area (Å²) in [5.41, 5.74) is -15.5. The number of halogens is 33. The van der Waals surface area contributed by atoms with Crippen LogP contribution in [0, 0.1) is 192 Å². The zero-order valence-electron chi connectivity index (χ0n) is 39.3. The van der Waals surface area contributed by atoms with Crippen LogP contribution in [-0.2, 0) is 0 Å². The highest BCUT2D eigenvalue weighted by atomic mass is 31.1. The predicted octanol–water partition coefficient (Wildman–Crippen LogP) is 14.4. The molecule has 35 heteroatoms. The average Bonchev–Trinajstić information content (AvgIpc) is 0.692. The third kappa shape index (κ3) is 8.05. The van der Waals surface area contributed by atoms with E-state index < -0.39 is 276 Å². The summed E-state index contributed by atoms with van der Waals surface area (Å²) in [5, 5.41) is -27.6. The van der Waals surface area contributed by atoms with Crippen LogP contribution < -0.4 is 27.2 Å². The van der Waals surface area contributed by atoms with Crippen molar-refractivity contribution in [3.63, 3.8) is 0 Å². The lowest BCUT2D eigenvalue weighted by Gasteiger charge is -2.47. The Bertz CT molecular complexity index is 3930. The van der Waals surface area contributed by atoms with Gasteiger partial charge in [-0.25, -0.2) is 136 Å². The summed E-state index contributed by atoms with van der Waals surface area (Å²) in [4.78, 5) is 0. The molecule has 0 N–H and O–H groups in total. The van der Waals surface area contributed by atoms with Crippen molar-refractivity contribution in [3.8, 4) is 0 Å². The van der Waals surface area contributed by atoms with E-state index in [1.807, 2.05) is 0 Å². The highest BCUT2D eigenvalue weighted by Crippen LogP contribution is 2.42. The fraction of sp³-hybridized carbons (Fsp3) is 0.0612. The Kier molecular flexibility index (Phi) is 15.6. The molecule has 0 radical (unpaired) electrons. The fourth-order valence-corrected chi connectivity index (χ4v) is 11.1. The summed E-state index contributed by atoms with van der Waals surface area (Å²) in [6, 6.07) is 0. The molecular weight excluding hydrogens is 1260 g/mol. The van der Waals surface area contributed by atoms with E-state index in [-0.39, 0.29) is 0 Å². The Morgan fingerprint density at radius 3 is 0.488 bits per heavy atom. The van der Waals surface area contributed by atoms with Crippen LogP contribution in [0.25, 0.3) is 43.1 Å². The molecule has 0 bridgehead atoms. The zero-order chi connectivity index (χ0) is 63.3. The summed E-state index contributed by atoms with van der Waals surface area (Å²) in [7, 11) is -1.72. The van der Waals surface area contributed by atoms with Crippen LogP contribution in [0.4, 0.5) is 145 Å². The molecule has 0 saturated heterocycles. The number of rotatable bonds is 6. The molecule has 0 amide bonds. The molecule has 0 aliphatic carbocycles. The van der Waals surface area contributed by atoms with E-state index in [0.717, 1.165) is 0 Å². The molecule has 0 nitrogen and oxygen atoms in total. The summed E-state index contributed by atoms with van der Waals surface area (Å²) >= 11 is 0. The molecule has 9 rings (SSSR count). The molecule has 9 aromatic carbocycles. The Balaban J connectivity index is 0.000000534. The van der Waals surface area contributed by atoms with Gasteiger partial charge in [-0.2, -0.15) is 8.78 Å². The highest BCUT2D eigenvalue weighted by molar-refractivity contribution is 7.64. The second-order valence-corrected chi connectivity index (χ2v) is 20.2. The maximum absolute atomic E-state index is 17.3. The predicted molar refractivity (Wildman–Crippen MR) is 230 cm³/mol. The van der Waals surface area contributed by atoms with E-state index in [2.05, 4.69) is 0 Å². The van der Waals surface area contributed by atoms with Gasteiger partial charge >= 0.3 is 0 Å². The van der Waals surface area contributed by atoms with Gasteiger partial charge in [-0.05, 0) is 28.5 Å². The van der Waals surface area contributed by atoms with Gasteiger partial charge in [0.25, 0.3) is 0 Å². The number of benzene rings is 9. The van der Waals surface area contributed by atoms with E-state index >= 15 is 105 Å². The van der Waals surface area contributed by atoms with Gasteiger partial charge in [0.05, 0.1) is 34.4 Å². The lowest BCUT2D eigenvalue weighted by atomic mass is 9.11. The van der Waals surface area contributed by atoms with Crippen LogP contribution in [0.2, 0.25) is 0 Å². The van der Waals surface area contributed by atoms with Crippen molar-refractivity contribution in [3.05, 3.63) is 192 Å². The second-order valence-electron chi connectivity index (χ2n) is 17.4. The van der Waals surface area contributed by atoms with Gasteiger partial charge in [0.1, 0.15) is 29.4 Å². The summed E-state index contributed by atoms with van der Waals surface area (Å²) in [6.45, 7) is 3.15. The third-order valence-electron chi connectivity index (χ3n) is 13.4. The zero-order valence-corrected chi connectivity index (χ0v) is 40.3. The molecule has 84 heavy (non-hydrogen) atoms. The van der Waals surface area contributed by atoms with Crippen molar-refractivity contribution < 1.29 is 145 Å². The first-order chi connectivity index (χ1) is 38.9. The number of hydrogen-bond donors (Lipinski definition) is 0. The largest absolute Gasteiger partial charge is 0.207 e. The number of hydrogen-bond acceptors (Lipinski definition) is 0. The molecule has 1 unspecified atom stereocenters. The molecule has 0 spiro atoms. The van der Waals surface area contributed by atoms with Crippen LogP contribution in [-0.4, -0.2) is 19.0 Å². The minimum absolute atomic E-state index is 0.392. The minimum Gasteiger partial charge on any atom is -0.207 e. The first kappa shape index (κ1) is 62.3. The molecule has 1 atom stereocenters. The third-order valence-corrected chi connectivity index (χ3v) is 15.8. The van der Waals surface area contributed by atoms with Gasteiger partial charge in [-0.3, -0.25) is 0 Å². The van der Waals surface area contributed by atoms with Crippen molar-refractivity contribution in [2.45, 2.75) is 6.92 Å². The summed E-state index contributed by atoms with van der Waals surface area (Å²) < 4.78 is 511. The Hall–Kier alpha value is -7.80. The normalized spacial score (nSPS) is 12.5. The van der Waals surface area contributed by atoms with E-state index in [4.69, 9.17) is 0 Å². The maximum atomic E-state index is 17.3. The van der Waals surface area contributed by atoms with Crippen molar-refractivity contribution in [1.29, 1.82) is 0 Å². The fourth-order valence-electron chi connectivity index (χ4n) is 9.75. The lowest BCUT2D eigenvalue weighted by Crippen LogP contribution is -2.79. The summed E-state index contributed by atoms with van der Waals surface area (Å²) in [6.07, 6.45) is -7.66. The monoisotopic (exact) mass is 1270 g/mol. The second kappa shape index (κ2) is 21.1. The molecule has 0 saturated carbocycles. The maximum Gasteiger partial charge on any atom is 0.206 e. The van der Waals surface area contributed by atoms with E-state index in [1.54, 1.807) is 6.92 Å². The smallest absolute Gasteiger partial charge is 0.206 e. The molecule has 0 heterocycles. The van der Waals surface area contributed by atoms with Crippen molar-refractivity contribution in [2.24, 2.45) is 0 Å². The van der Waals surface area contributed by atoms with Gasteiger partial charge in [-0.15, -0.1) is 21.9 Å². The Labute approximate surface area is 440 Å². The van der Waals surface area contributed by atoms with Crippen LogP contribution in [0.15, 0.2) is 0 Å². The van der Waals surface area contributed by atoms with E-state index in [0.29, 0.717) is 6.16 Å². The average molecular weight is 1270 g/mol. The molecule has 0 aromatic heterocycles. The van der Waals surface area contributed by atoms with E-state index in [9.17, 15) is 39.5 Å². The van der Waals surface area contributed by atoms with Gasteiger partial charge in [0, 0.05) is 7.92 Å². The molecule has 444 valence electrons. The molecule has 9 aromatic rings. The van der Waals surface area contributed by atoms with Gasteiger partial charge in [0.15, 0.2) is 145 Å². The molecular formula is C49H9BF33P. The first-order valence-electron chi connectivity index (χ1n) is 21.7. The van der Waals surface area contributed by atoms with Crippen LogP contribution >= 0.6 is 7.92 Å². The van der Waals surface area contributed by atoms with Gasteiger partial charge in [0.2, 0.25) is 29.1 Å². The van der Waals surface area contributed by atoms with Crippen molar-refractivity contribution >= 4 is 84.3 Å². The topological polar surface area (TPSA) is 0 Å². The Morgan fingerprint density at radius 1 is 0.190 bits per heavy atom. The standard InChI is InChI=1S/C40BF28.C9H8F5P/c42-13-1-5(21(50)37(66)33(13)62)17(46)29(58)25(54)9(1)41(10-2-6(18(47)30(59)26(10)55)22(51)38(67)34(63)14(2)43,11-3-7(19(48)31(60)27(11)56)23(52)39(68)35(64)15(3)44)12-4-8(20(49)32(61)28(12)57)24(53)40(69)36(65)16(4)45;1-3-15(2)9-7(13)5(11)4(10)6(12)8(9)14/h;3H2,1-2H3/q-1;/p+1. The highest BCUT2D eigenvalue weighted by Gasteiger charge is 2.52. The summed E-state index contributed by atoms with van der Waals surface area (Å²) in [5.74, 6) is -113. The quantitative estimate of drug-likeness (QED) is 0.0512. The molecule has 0 aliphatic heterocycles. The number of fused-ring (bicyclic) bond motifs is 4. The molecule has 0 fully saturated rings. The SMILES string of the molecule is CC[PH+](C)c1c(F)c(F)c(F)c(F)c1F.Fc1c(F)c(F)c2c([B-](c3c(F)c(F)c(F)c4c(F)c(F)c(F)c(F)c34)(c3c(F)c(F)c(F)c4c(F)c(F)c(F)c(F)c34)c3c(F)c(F)c(F)c4c(F)c(F)c(F)c(F)c34)c(F)c(F)c(F)c2c1F.